The minimum atomic E-state index is 0.451. The largest absolute Gasteiger partial charge is 0.456 e. The van der Waals surface area contributed by atoms with Crippen LogP contribution in [0.15, 0.2) is 51.4 Å². The Morgan fingerprint density at radius 3 is 2.47 bits per heavy atom. The van der Waals surface area contributed by atoms with Crippen molar-refractivity contribution in [2.45, 2.75) is 6.54 Å². The van der Waals surface area contributed by atoms with Gasteiger partial charge in [0.05, 0.1) is 4.47 Å². The molecule has 0 radical (unpaired) electrons. The summed E-state index contributed by atoms with van der Waals surface area (Å²) in [5, 5.41) is 0. The average molecular weight is 357 g/mol. The highest BCUT2D eigenvalue weighted by molar-refractivity contribution is 9.10. The quantitative estimate of drug-likeness (QED) is 0.880. The summed E-state index contributed by atoms with van der Waals surface area (Å²) in [5.41, 5.74) is 6.66. The number of ether oxygens (including phenoxy) is 1. The van der Waals surface area contributed by atoms with Gasteiger partial charge in [0.2, 0.25) is 0 Å². The molecule has 0 aliphatic rings. The molecule has 0 atom stereocenters. The lowest BCUT2D eigenvalue weighted by atomic mass is 10.2. The molecule has 2 aromatic carbocycles. The van der Waals surface area contributed by atoms with Crippen molar-refractivity contribution in [3.05, 3.63) is 57.0 Å². The fraction of sp³-hybridized carbons (Fsp3) is 0.0769. The summed E-state index contributed by atoms with van der Waals surface area (Å²) in [5.74, 6) is 1.55. The van der Waals surface area contributed by atoms with E-state index in [-0.39, 0.29) is 0 Å². The highest BCUT2D eigenvalue weighted by atomic mass is 79.9. The maximum absolute atomic E-state index is 5.86. The van der Waals surface area contributed by atoms with Gasteiger partial charge in [-0.2, -0.15) is 0 Å². The highest BCUT2D eigenvalue weighted by Gasteiger charge is 2.06. The number of hydrogen-bond acceptors (Lipinski definition) is 2. The first-order chi connectivity index (χ1) is 8.20. The van der Waals surface area contributed by atoms with Crippen LogP contribution < -0.4 is 10.5 Å². The summed E-state index contributed by atoms with van der Waals surface area (Å²) in [6, 6.07) is 13.6. The number of hydrogen-bond donors (Lipinski definition) is 1. The Hall–Kier alpha value is -0.840. The molecule has 0 saturated heterocycles. The molecule has 0 aliphatic heterocycles. The van der Waals surface area contributed by atoms with Crippen LogP contribution in [0.1, 0.15) is 5.56 Å². The molecular weight excluding hydrogens is 346 g/mol. The van der Waals surface area contributed by atoms with Crippen molar-refractivity contribution < 1.29 is 4.74 Å². The molecule has 0 aliphatic carbocycles. The zero-order valence-electron chi connectivity index (χ0n) is 8.99. The number of halogens is 2. The number of nitrogens with two attached hydrogens (primary N) is 1. The highest BCUT2D eigenvalue weighted by Crippen LogP contribution is 2.32. The molecule has 2 N–H and O–H groups in total. The van der Waals surface area contributed by atoms with Crippen molar-refractivity contribution in [3.8, 4) is 11.5 Å². The van der Waals surface area contributed by atoms with Crippen molar-refractivity contribution >= 4 is 31.9 Å². The number of rotatable bonds is 3. The van der Waals surface area contributed by atoms with Gasteiger partial charge >= 0.3 is 0 Å². The topological polar surface area (TPSA) is 35.2 Å². The second-order valence-corrected chi connectivity index (χ2v) is 5.26. The lowest BCUT2D eigenvalue weighted by molar-refractivity contribution is 0.473. The van der Waals surface area contributed by atoms with Gasteiger partial charge in [-0.05, 0) is 40.2 Å². The predicted molar refractivity (Wildman–Crippen MR) is 76.2 cm³/mol. The molecule has 2 rings (SSSR count). The van der Waals surface area contributed by atoms with E-state index in [1.165, 1.54) is 0 Å². The van der Waals surface area contributed by atoms with Crippen LogP contribution in [-0.2, 0) is 6.54 Å². The van der Waals surface area contributed by atoms with Crippen LogP contribution in [0.5, 0.6) is 11.5 Å². The van der Waals surface area contributed by atoms with E-state index in [0.29, 0.717) is 6.54 Å². The molecule has 0 fully saturated rings. The van der Waals surface area contributed by atoms with Crippen LogP contribution in [-0.4, -0.2) is 0 Å². The number of para-hydroxylation sites is 1. The van der Waals surface area contributed by atoms with Crippen LogP contribution >= 0.6 is 31.9 Å². The Labute approximate surface area is 117 Å². The van der Waals surface area contributed by atoms with Crippen molar-refractivity contribution in [2.24, 2.45) is 5.73 Å². The van der Waals surface area contributed by atoms with Gasteiger partial charge in [-0.3, -0.25) is 0 Å². The minimum absolute atomic E-state index is 0.451. The van der Waals surface area contributed by atoms with E-state index < -0.39 is 0 Å². The molecule has 0 aromatic heterocycles. The van der Waals surface area contributed by atoms with Gasteiger partial charge in [0.1, 0.15) is 11.5 Å². The average Bonchev–Trinajstić information content (AvgIpc) is 2.32. The standard InChI is InChI=1S/C13H11Br2NO/c14-10-6-5-9(8-16)13(7-10)17-12-4-2-1-3-11(12)15/h1-7H,8,16H2. The van der Waals surface area contributed by atoms with E-state index in [4.69, 9.17) is 10.5 Å². The predicted octanol–water partition coefficient (Wildman–Crippen LogP) is 4.46. The summed E-state index contributed by atoms with van der Waals surface area (Å²) in [6.45, 7) is 0.451. The van der Waals surface area contributed by atoms with Gasteiger partial charge in [-0.1, -0.05) is 34.1 Å². The van der Waals surface area contributed by atoms with Crippen LogP contribution in [0.3, 0.4) is 0 Å². The molecule has 2 aromatic rings. The van der Waals surface area contributed by atoms with Crippen molar-refractivity contribution in [1.82, 2.24) is 0 Å². The first-order valence-electron chi connectivity index (χ1n) is 5.11. The Morgan fingerprint density at radius 1 is 1.00 bits per heavy atom. The maximum atomic E-state index is 5.86. The third-order valence-electron chi connectivity index (χ3n) is 2.31. The maximum Gasteiger partial charge on any atom is 0.141 e. The van der Waals surface area contributed by atoms with E-state index in [0.717, 1.165) is 26.0 Å². The van der Waals surface area contributed by atoms with Gasteiger partial charge < -0.3 is 10.5 Å². The summed E-state index contributed by atoms with van der Waals surface area (Å²) >= 11 is 6.88. The fourth-order valence-electron chi connectivity index (χ4n) is 1.44. The lowest BCUT2D eigenvalue weighted by Gasteiger charge is -2.11. The van der Waals surface area contributed by atoms with Gasteiger partial charge in [0, 0.05) is 16.6 Å². The molecule has 0 saturated carbocycles. The lowest BCUT2D eigenvalue weighted by Crippen LogP contribution is -1.99. The third kappa shape index (κ3) is 3.09. The van der Waals surface area contributed by atoms with E-state index in [9.17, 15) is 0 Å². The molecule has 88 valence electrons. The Balaban J connectivity index is 2.35. The normalized spacial score (nSPS) is 10.3. The monoisotopic (exact) mass is 355 g/mol. The van der Waals surface area contributed by atoms with Crippen molar-refractivity contribution in [1.29, 1.82) is 0 Å². The molecule has 0 bridgehead atoms. The van der Waals surface area contributed by atoms with Crippen LogP contribution in [0, 0.1) is 0 Å². The molecule has 17 heavy (non-hydrogen) atoms. The van der Waals surface area contributed by atoms with Crippen LogP contribution in [0.4, 0.5) is 0 Å². The van der Waals surface area contributed by atoms with E-state index >= 15 is 0 Å². The smallest absolute Gasteiger partial charge is 0.141 e. The Bertz CT molecular complexity index is 529. The molecular formula is C13H11Br2NO. The summed E-state index contributed by atoms with van der Waals surface area (Å²) in [4.78, 5) is 0. The van der Waals surface area contributed by atoms with E-state index in [2.05, 4.69) is 31.9 Å². The SMILES string of the molecule is NCc1ccc(Br)cc1Oc1ccccc1Br. The summed E-state index contributed by atoms with van der Waals surface area (Å²) in [6.07, 6.45) is 0. The van der Waals surface area contributed by atoms with E-state index in [1.54, 1.807) is 0 Å². The summed E-state index contributed by atoms with van der Waals surface area (Å²) < 4.78 is 7.74. The molecule has 4 heteroatoms. The Morgan fingerprint density at radius 2 is 1.76 bits per heavy atom. The molecule has 0 spiro atoms. The third-order valence-corrected chi connectivity index (χ3v) is 3.45. The van der Waals surface area contributed by atoms with Crippen molar-refractivity contribution in [3.63, 3.8) is 0 Å². The van der Waals surface area contributed by atoms with Crippen LogP contribution in [0.2, 0.25) is 0 Å². The van der Waals surface area contributed by atoms with Gasteiger partial charge in [0.15, 0.2) is 0 Å². The molecule has 2 nitrogen and oxygen atoms in total. The molecule has 0 heterocycles. The first kappa shape index (κ1) is 12.6. The van der Waals surface area contributed by atoms with Gasteiger partial charge in [0.25, 0.3) is 0 Å². The fourth-order valence-corrected chi connectivity index (χ4v) is 2.14. The zero-order valence-corrected chi connectivity index (χ0v) is 12.2. The van der Waals surface area contributed by atoms with Gasteiger partial charge in [-0.15, -0.1) is 0 Å². The second kappa shape index (κ2) is 5.67. The van der Waals surface area contributed by atoms with E-state index in [1.807, 2.05) is 42.5 Å². The van der Waals surface area contributed by atoms with Crippen molar-refractivity contribution in [2.75, 3.05) is 0 Å². The second-order valence-electron chi connectivity index (χ2n) is 3.49. The van der Waals surface area contributed by atoms with Crippen LogP contribution in [0.25, 0.3) is 0 Å². The molecule has 0 unspecified atom stereocenters. The summed E-state index contributed by atoms with van der Waals surface area (Å²) in [7, 11) is 0. The number of benzene rings is 2. The Kier molecular flexibility index (Phi) is 4.20. The zero-order chi connectivity index (χ0) is 12.3. The first-order valence-corrected chi connectivity index (χ1v) is 6.70. The molecule has 0 amide bonds. The van der Waals surface area contributed by atoms with Gasteiger partial charge in [-0.25, -0.2) is 0 Å². The minimum Gasteiger partial charge on any atom is -0.456 e.